The highest BCUT2D eigenvalue weighted by Gasteiger charge is 2.51. The molecule has 3 saturated heterocycles. The number of likely N-dealkylation sites (tertiary alicyclic amines) is 1. The molecule has 3 aliphatic rings. The number of rotatable bonds is 4. The summed E-state index contributed by atoms with van der Waals surface area (Å²) < 4.78 is 11.8. The van der Waals surface area contributed by atoms with Crippen molar-refractivity contribution >= 4 is 29.0 Å². The first-order valence-electron chi connectivity index (χ1n) is 8.82. The first-order chi connectivity index (χ1) is 11.7. The molecule has 4 rings (SSSR count). The molecule has 3 fully saturated rings. The van der Waals surface area contributed by atoms with E-state index in [2.05, 4.69) is 0 Å². The van der Waals surface area contributed by atoms with Gasteiger partial charge in [-0.2, -0.15) is 0 Å². The van der Waals surface area contributed by atoms with Crippen LogP contribution >= 0.6 is 23.1 Å². The number of carbonyl (C=O) groups excluding carboxylic acids is 1. The first kappa shape index (κ1) is 16.9. The molecule has 1 spiro atoms. The van der Waals surface area contributed by atoms with Crippen molar-refractivity contribution in [3.8, 4) is 0 Å². The lowest BCUT2D eigenvalue weighted by Gasteiger charge is -2.47. The van der Waals surface area contributed by atoms with Gasteiger partial charge in [-0.15, -0.1) is 23.1 Å². The Hall–Kier alpha value is -0.560. The molecule has 6 heteroatoms. The van der Waals surface area contributed by atoms with E-state index in [-0.39, 0.29) is 10.7 Å². The highest BCUT2D eigenvalue weighted by atomic mass is 32.2. The van der Waals surface area contributed by atoms with Gasteiger partial charge in [-0.3, -0.25) is 4.79 Å². The number of thiophene rings is 1. The molecule has 4 nitrogen and oxygen atoms in total. The van der Waals surface area contributed by atoms with E-state index in [4.69, 9.17) is 9.47 Å². The summed E-state index contributed by atoms with van der Waals surface area (Å²) in [5.74, 6) is 1.95. The molecule has 1 aromatic rings. The number of thioether (sulfide) groups is 1. The van der Waals surface area contributed by atoms with Crippen LogP contribution in [0.25, 0.3) is 0 Å². The quantitative estimate of drug-likeness (QED) is 0.819. The van der Waals surface area contributed by atoms with E-state index < -0.39 is 0 Å². The van der Waals surface area contributed by atoms with Crippen LogP contribution in [-0.2, 0) is 9.47 Å². The third-order valence-electron chi connectivity index (χ3n) is 5.39. The standard InChI is InChI=1S/C18H25NO3S2/c1-13-4-7-23-16(13)17(20)19-11-18(12-19)8-15(10-24-18)22-9-14-2-5-21-6-3-14/h4,7,14-15H,2-3,5-6,8-12H2,1H3/t15-/m1/s1. The van der Waals surface area contributed by atoms with Crippen LogP contribution in [0.5, 0.6) is 0 Å². The van der Waals surface area contributed by atoms with Gasteiger partial charge in [0.2, 0.25) is 0 Å². The van der Waals surface area contributed by atoms with Gasteiger partial charge in [-0.25, -0.2) is 0 Å². The Balaban J connectivity index is 1.24. The van der Waals surface area contributed by atoms with Crippen molar-refractivity contribution in [3.63, 3.8) is 0 Å². The predicted octanol–water partition coefficient (Wildman–Crippen LogP) is 3.20. The number of nitrogens with zero attached hydrogens (tertiary/aromatic N) is 1. The normalized spacial score (nSPS) is 26.7. The van der Waals surface area contributed by atoms with Crippen molar-refractivity contribution in [1.29, 1.82) is 0 Å². The van der Waals surface area contributed by atoms with E-state index in [1.165, 1.54) is 0 Å². The maximum absolute atomic E-state index is 12.5. The smallest absolute Gasteiger partial charge is 0.264 e. The van der Waals surface area contributed by atoms with Gasteiger partial charge in [0.15, 0.2) is 0 Å². The number of hydrogen-bond donors (Lipinski definition) is 0. The first-order valence-corrected chi connectivity index (χ1v) is 10.7. The fourth-order valence-corrected chi connectivity index (χ4v) is 6.29. The Morgan fingerprint density at radius 2 is 2.21 bits per heavy atom. The van der Waals surface area contributed by atoms with E-state index in [1.807, 2.05) is 35.0 Å². The Labute approximate surface area is 151 Å². The lowest BCUT2D eigenvalue weighted by atomic mass is 9.92. The SMILES string of the molecule is Cc1ccsc1C(=O)N1CC2(C[C@@H](OCC3CCOCC3)CS2)C1. The molecule has 132 valence electrons. The van der Waals surface area contributed by atoms with Crippen molar-refractivity contribution in [2.24, 2.45) is 5.92 Å². The van der Waals surface area contributed by atoms with Crippen LogP contribution in [0.3, 0.4) is 0 Å². The molecule has 1 atom stereocenters. The van der Waals surface area contributed by atoms with E-state index in [9.17, 15) is 4.79 Å². The average molecular weight is 368 g/mol. The van der Waals surface area contributed by atoms with E-state index in [0.29, 0.717) is 12.0 Å². The van der Waals surface area contributed by atoms with Crippen LogP contribution in [0.15, 0.2) is 11.4 Å². The summed E-state index contributed by atoms with van der Waals surface area (Å²) in [7, 11) is 0. The summed E-state index contributed by atoms with van der Waals surface area (Å²) >= 11 is 3.57. The minimum Gasteiger partial charge on any atom is -0.381 e. The van der Waals surface area contributed by atoms with Gasteiger partial charge in [0.1, 0.15) is 0 Å². The monoisotopic (exact) mass is 367 g/mol. The van der Waals surface area contributed by atoms with Crippen LogP contribution < -0.4 is 0 Å². The topological polar surface area (TPSA) is 38.8 Å². The van der Waals surface area contributed by atoms with Crippen molar-refractivity contribution in [3.05, 3.63) is 21.9 Å². The molecule has 0 radical (unpaired) electrons. The molecule has 1 amide bonds. The average Bonchev–Trinajstić information content (AvgIpc) is 3.18. The van der Waals surface area contributed by atoms with Crippen LogP contribution in [0.1, 0.15) is 34.5 Å². The van der Waals surface area contributed by atoms with E-state index >= 15 is 0 Å². The molecule has 4 heterocycles. The summed E-state index contributed by atoms with van der Waals surface area (Å²) in [5, 5.41) is 2.00. The predicted molar refractivity (Wildman–Crippen MR) is 98.0 cm³/mol. The van der Waals surface area contributed by atoms with Crippen molar-refractivity contribution in [2.45, 2.75) is 37.0 Å². The second-order valence-electron chi connectivity index (χ2n) is 7.30. The molecule has 3 aliphatic heterocycles. The molecule has 0 aromatic carbocycles. The molecule has 0 saturated carbocycles. The van der Waals surface area contributed by atoms with Crippen LogP contribution in [0.2, 0.25) is 0 Å². The largest absolute Gasteiger partial charge is 0.381 e. The van der Waals surface area contributed by atoms with E-state index in [0.717, 1.165) is 68.4 Å². The fraction of sp³-hybridized carbons (Fsp3) is 0.722. The Morgan fingerprint density at radius 1 is 1.42 bits per heavy atom. The number of aryl methyl sites for hydroxylation is 1. The molecule has 1 aromatic heterocycles. The van der Waals surface area contributed by atoms with Crippen molar-refractivity contribution in [2.75, 3.05) is 38.7 Å². The molecule has 0 N–H and O–H groups in total. The minimum atomic E-state index is 0.209. The Kier molecular flexibility index (Phi) is 4.91. The van der Waals surface area contributed by atoms with Crippen LogP contribution in [-0.4, -0.2) is 60.3 Å². The number of hydrogen-bond acceptors (Lipinski definition) is 5. The highest BCUT2D eigenvalue weighted by Crippen LogP contribution is 2.46. The summed E-state index contributed by atoms with van der Waals surface area (Å²) in [6, 6.07) is 2.03. The molecular weight excluding hydrogens is 342 g/mol. The van der Waals surface area contributed by atoms with Gasteiger partial charge in [0.05, 0.1) is 15.7 Å². The zero-order valence-electron chi connectivity index (χ0n) is 14.2. The van der Waals surface area contributed by atoms with Crippen LogP contribution in [0, 0.1) is 12.8 Å². The van der Waals surface area contributed by atoms with Crippen molar-refractivity contribution < 1.29 is 14.3 Å². The molecule has 0 unspecified atom stereocenters. The summed E-state index contributed by atoms with van der Waals surface area (Å²) in [4.78, 5) is 15.5. The van der Waals surface area contributed by atoms with Gasteiger partial charge in [-0.1, -0.05) is 0 Å². The molecule has 24 heavy (non-hydrogen) atoms. The maximum atomic E-state index is 12.5. The number of amides is 1. The van der Waals surface area contributed by atoms with Crippen LogP contribution in [0.4, 0.5) is 0 Å². The number of carbonyl (C=O) groups is 1. The molecule has 0 bridgehead atoms. The van der Waals surface area contributed by atoms with Gasteiger partial charge in [-0.05, 0) is 49.1 Å². The third kappa shape index (κ3) is 3.39. The summed E-state index contributed by atoms with van der Waals surface area (Å²) in [6.07, 6.45) is 3.72. The Morgan fingerprint density at radius 3 is 2.92 bits per heavy atom. The summed E-state index contributed by atoms with van der Waals surface area (Å²) in [5.41, 5.74) is 1.10. The van der Waals surface area contributed by atoms with Gasteiger partial charge < -0.3 is 14.4 Å². The van der Waals surface area contributed by atoms with Gasteiger partial charge in [0.25, 0.3) is 5.91 Å². The van der Waals surface area contributed by atoms with Gasteiger partial charge >= 0.3 is 0 Å². The highest BCUT2D eigenvalue weighted by molar-refractivity contribution is 8.01. The second kappa shape index (κ2) is 6.98. The fourth-order valence-electron chi connectivity index (χ4n) is 3.84. The third-order valence-corrected chi connectivity index (χ3v) is 7.97. The lowest BCUT2D eigenvalue weighted by molar-refractivity contribution is -0.0118. The van der Waals surface area contributed by atoms with Gasteiger partial charge in [0, 0.05) is 38.7 Å². The molecular formula is C18H25NO3S2. The number of ether oxygens (including phenoxy) is 2. The van der Waals surface area contributed by atoms with E-state index in [1.54, 1.807) is 11.3 Å². The Bertz CT molecular complexity index is 591. The van der Waals surface area contributed by atoms with Crippen molar-refractivity contribution in [1.82, 2.24) is 4.90 Å². The maximum Gasteiger partial charge on any atom is 0.264 e. The molecule has 0 aliphatic carbocycles. The summed E-state index contributed by atoms with van der Waals surface area (Å²) in [6.45, 7) is 6.43. The lowest BCUT2D eigenvalue weighted by Crippen LogP contribution is -2.60. The minimum absolute atomic E-state index is 0.209. The zero-order valence-corrected chi connectivity index (χ0v) is 15.8. The second-order valence-corrected chi connectivity index (χ2v) is 9.71. The zero-order chi connectivity index (χ0) is 16.6.